The quantitative estimate of drug-likeness (QED) is 0.917. The summed E-state index contributed by atoms with van der Waals surface area (Å²) >= 11 is 0. The molecule has 1 heterocycles. The van der Waals surface area contributed by atoms with E-state index in [1.165, 1.54) is 5.56 Å². The third kappa shape index (κ3) is 3.12. The molecular weight excluding hydrogens is 264 g/mol. The standard InChI is InChI=1S/C16H22N4O/c1-4-7-11-8-9-13-12(10-11)14(19-16(17)18-13)15(21)20(5-2)6-3/h8-10H,4-7H2,1-3H3,(H2,17,18,19). The van der Waals surface area contributed by atoms with Crippen molar-refractivity contribution in [1.82, 2.24) is 14.9 Å². The first-order valence-electron chi connectivity index (χ1n) is 7.46. The predicted molar refractivity (Wildman–Crippen MR) is 85.2 cm³/mol. The van der Waals surface area contributed by atoms with Gasteiger partial charge in [0.25, 0.3) is 5.91 Å². The monoisotopic (exact) mass is 286 g/mol. The minimum atomic E-state index is -0.0900. The van der Waals surface area contributed by atoms with Gasteiger partial charge in [-0.2, -0.15) is 0 Å². The molecule has 0 unspecified atom stereocenters. The zero-order valence-corrected chi connectivity index (χ0v) is 12.9. The van der Waals surface area contributed by atoms with E-state index in [-0.39, 0.29) is 11.9 Å². The summed E-state index contributed by atoms with van der Waals surface area (Å²) in [4.78, 5) is 22.8. The Hall–Kier alpha value is -2.17. The minimum absolute atomic E-state index is 0.0900. The third-order valence-electron chi connectivity index (χ3n) is 3.57. The molecule has 2 aromatic rings. The smallest absolute Gasteiger partial charge is 0.273 e. The van der Waals surface area contributed by atoms with Crippen LogP contribution < -0.4 is 5.73 Å². The first kappa shape index (κ1) is 15.2. The molecule has 0 saturated carbocycles. The first-order chi connectivity index (χ1) is 10.1. The van der Waals surface area contributed by atoms with Crippen molar-refractivity contribution in [1.29, 1.82) is 0 Å². The lowest BCUT2D eigenvalue weighted by Gasteiger charge is -2.19. The average Bonchev–Trinajstić information content (AvgIpc) is 2.48. The largest absolute Gasteiger partial charge is 0.368 e. The van der Waals surface area contributed by atoms with E-state index in [1.54, 1.807) is 4.90 Å². The van der Waals surface area contributed by atoms with Crippen molar-refractivity contribution in [3.8, 4) is 0 Å². The molecule has 1 amide bonds. The summed E-state index contributed by atoms with van der Waals surface area (Å²) in [6.45, 7) is 7.34. The molecule has 0 fully saturated rings. The second-order valence-electron chi connectivity index (χ2n) is 5.01. The molecule has 1 aromatic heterocycles. The number of hydrogen-bond acceptors (Lipinski definition) is 4. The fourth-order valence-electron chi connectivity index (χ4n) is 2.46. The summed E-state index contributed by atoms with van der Waals surface area (Å²) < 4.78 is 0. The van der Waals surface area contributed by atoms with Crippen LogP contribution in [0.2, 0.25) is 0 Å². The Bertz CT molecular complexity index is 650. The number of carbonyl (C=O) groups excluding carboxylic acids is 1. The molecular formula is C16H22N4O. The van der Waals surface area contributed by atoms with Crippen molar-refractivity contribution < 1.29 is 4.79 Å². The Labute approximate surface area is 125 Å². The molecule has 2 rings (SSSR count). The van der Waals surface area contributed by atoms with E-state index in [4.69, 9.17) is 5.73 Å². The lowest BCUT2D eigenvalue weighted by Crippen LogP contribution is -2.31. The van der Waals surface area contributed by atoms with Crippen LogP contribution in [0.3, 0.4) is 0 Å². The van der Waals surface area contributed by atoms with Crippen molar-refractivity contribution in [2.75, 3.05) is 18.8 Å². The Morgan fingerprint density at radius 1 is 1.19 bits per heavy atom. The van der Waals surface area contributed by atoms with Gasteiger partial charge in [-0.15, -0.1) is 0 Å². The second kappa shape index (κ2) is 6.52. The Morgan fingerprint density at radius 3 is 2.52 bits per heavy atom. The first-order valence-corrected chi connectivity index (χ1v) is 7.46. The molecule has 0 bridgehead atoms. The van der Waals surface area contributed by atoms with Gasteiger partial charge in [-0.1, -0.05) is 19.4 Å². The van der Waals surface area contributed by atoms with E-state index in [1.807, 2.05) is 32.0 Å². The molecule has 0 aliphatic carbocycles. The predicted octanol–water partition coefficient (Wildman–Crippen LogP) is 2.65. The van der Waals surface area contributed by atoms with E-state index >= 15 is 0 Å². The summed E-state index contributed by atoms with van der Waals surface area (Å²) in [5.41, 5.74) is 8.06. The number of carbonyl (C=O) groups is 1. The number of nitrogens with two attached hydrogens (primary N) is 1. The molecule has 0 aliphatic heterocycles. The van der Waals surface area contributed by atoms with Crippen molar-refractivity contribution in [3.05, 3.63) is 29.5 Å². The number of aryl methyl sites for hydroxylation is 1. The van der Waals surface area contributed by atoms with Crippen LogP contribution in [0, 0.1) is 0 Å². The lowest BCUT2D eigenvalue weighted by molar-refractivity contribution is 0.0769. The van der Waals surface area contributed by atoms with E-state index in [2.05, 4.69) is 16.9 Å². The van der Waals surface area contributed by atoms with Gasteiger partial charge in [0.15, 0.2) is 0 Å². The van der Waals surface area contributed by atoms with Gasteiger partial charge >= 0.3 is 0 Å². The molecule has 5 heteroatoms. The number of fused-ring (bicyclic) bond motifs is 1. The average molecular weight is 286 g/mol. The molecule has 2 N–H and O–H groups in total. The van der Waals surface area contributed by atoms with Crippen molar-refractivity contribution >= 4 is 22.8 Å². The summed E-state index contributed by atoms with van der Waals surface area (Å²) in [5.74, 6) is 0.0500. The summed E-state index contributed by atoms with van der Waals surface area (Å²) in [5, 5.41) is 0.784. The molecule has 0 saturated heterocycles. The number of hydrogen-bond donors (Lipinski definition) is 1. The van der Waals surface area contributed by atoms with Crippen LogP contribution in [0.25, 0.3) is 10.9 Å². The van der Waals surface area contributed by atoms with E-state index in [0.717, 1.165) is 23.7 Å². The molecule has 21 heavy (non-hydrogen) atoms. The molecule has 0 aliphatic rings. The highest BCUT2D eigenvalue weighted by molar-refractivity contribution is 6.04. The van der Waals surface area contributed by atoms with Crippen molar-refractivity contribution in [3.63, 3.8) is 0 Å². The number of anilines is 1. The van der Waals surface area contributed by atoms with Crippen molar-refractivity contribution in [2.45, 2.75) is 33.6 Å². The maximum absolute atomic E-state index is 12.6. The number of benzene rings is 1. The van der Waals surface area contributed by atoms with Gasteiger partial charge in [0.1, 0.15) is 5.69 Å². The molecule has 1 aromatic carbocycles. The summed E-state index contributed by atoms with van der Waals surface area (Å²) in [6, 6.07) is 5.95. The molecule has 112 valence electrons. The molecule has 5 nitrogen and oxygen atoms in total. The number of rotatable bonds is 5. The maximum Gasteiger partial charge on any atom is 0.273 e. The number of nitrogens with zero attached hydrogens (tertiary/aromatic N) is 3. The van der Waals surface area contributed by atoms with E-state index in [0.29, 0.717) is 18.8 Å². The lowest BCUT2D eigenvalue weighted by atomic mass is 10.1. The van der Waals surface area contributed by atoms with Gasteiger partial charge in [-0.25, -0.2) is 9.97 Å². The number of nitrogen functional groups attached to an aromatic ring is 1. The summed E-state index contributed by atoms with van der Waals surface area (Å²) in [7, 11) is 0. The van der Waals surface area contributed by atoms with E-state index in [9.17, 15) is 4.79 Å². The van der Waals surface area contributed by atoms with Gasteiger partial charge in [0.05, 0.1) is 5.52 Å². The highest BCUT2D eigenvalue weighted by Crippen LogP contribution is 2.21. The Kier molecular flexibility index (Phi) is 4.73. The zero-order valence-electron chi connectivity index (χ0n) is 12.9. The van der Waals surface area contributed by atoms with Gasteiger partial charge in [-0.3, -0.25) is 4.79 Å². The Morgan fingerprint density at radius 2 is 1.90 bits per heavy atom. The van der Waals surface area contributed by atoms with Gasteiger partial charge in [0, 0.05) is 18.5 Å². The normalized spacial score (nSPS) is 10.8. The van der Waals surface area contributed by atoms with Crippen LogP contribution in [-0.4, -0.2) is 33.9 Å². The highest BCUT2D eigenvalue weighted by atomic mass is 16.2. The van der Waals surface area contributed by atoms with Crippen LogP contribution >= 0.6 is 0 Å². The SMILES string of the molecule is CCCc1ccc2nc(N)nc(C(=O)N(CC)CC)c2c1. The minimum Gasteiger partial charge on any atom is -0.368 e. The van der Waals surface area contributed by atoms with Gasteiger partial charge in [-0.05, 0) is 38.0 Å². The number of aromatic nitrogens is 2. The van der Waals surface area contributed by atoms with E-state index < -0.39 is 0 Å². The molecule has 0 spiro atoms. The molecule has 0 radical (unpaired) electrons. The van der Waals surface area contributed by atoms with Gasteiger partial charge < -0.3 is 10.6 Å². The van der Waals surface area contributed by atoms with Crippen molar-refractivity contribution in [2.24, 2.45) is 0 Å². The maximum atomic E-state index is 12.6. The topological polar surface area (TPSA) is 72.1 Å². The summed E-state index contributed by atoms with van der Waals surface area (Å²) in [6.07, 6.45) is 2.03. The van der Waals surface area contributed by atoms with Crippen LogP contribution in [0.5, 0.6) is 0 Å². The Balaban J connectivity index is 2.59. The van der Waals surface area contributed by atoms with Gasteiger partial charge in [0.2, 0.25) is 5.95 Å². The fraction of sp³-hybridized carbons (Fsp3) is 0.438. The van der Waals surface area contributed by atoms with Crippen LogP contribution in [0.15, 0.2) is 18.2 Å². The zero-order chi connectivity index (χ0) is 15.4. The number of amides is 1. The molecule has 0 atom stereocenters. The highest BCUT2D eigenvalue weighted by Gasteiger charge is 2.19. The second-order valence-corrected chi connectivity index (χ2v) is 5.01. The van der Waals surface area contributed by atoms with Crippen LogP contribution in [0.4, 0.5) is 5.95 Å². The third-order valence-corrected chi connectivity index (χ3v) is 3.57. The van der Waals surface area contributed by atoms with Crippen LogP contribution in [-0.2, 0) is 6.42 Å². The fourth-order valence-corrected chi connectivity index (χ4v) is 2.46. The van der Waals surface area contributed by atoms with Crippen LogP contribution in [0.1, 0.15) is 43.2 Å².